The van der Waals surface area contributed by atoms with Crippen LogP contribution in [0.5, 0.6) is 11.5 Å². The van der Waals surface area contributed by atoms with Gasteiger partial charge in [-0.1, -0.05) is 25.1 Å². The highest BCUT2D eigenvalue weighted by molar-refractivity contribution is 5.90. The summed E-state index contributed by atoms with van der Waals surface area (Å²) in [5, 5.41) is 2.99. The van der Waals surface area contributed by atoms with E-state index < -0.39 is 0 Å². The summed E-state index contributed by atoms with van der Waals surface area (Å²) in [5.41, 5.74) is 3.18. The summed E-state index contributed by atoms with van der Waals surface area (Å²) in [4.78, 5) is 14.8. The summed E-state index contributed by atoms with van der Waals surface area (Å²) < 4.78 is 10.6. The number of piperidine rings is 1. The van der Waals surface area contributed by atoms with Crippen LogP contribution >= 0.6 is 0 Å². The number of anilines is 1. The second-order valence-electron chi connectivity index (χ2n) is 7.92. The van der Waals surface area contributed by atoms with Gasteiger partial charge in [-0.3, -0.25) is 9.69 Å². The zero-order valence-corrected chi connectivity index (χ0v) is 17.7. The monoisotopic (exact) mass is 396 g/mol. The summed E-state index contributed by atoms with van der Waals surface area (Å²) >= 11 is 0. The quantitative estimate of drug-likeness (QED) is 0.713. The molecule has 1 N–H and O–H groups in total. The number of likely N-dealkylation sites (tertiary alicyclic amines) is 1. The largest absolute Gasteiger partial charge is 0.493 e. The number of hydrogen-bond donors (Lipinski definition) is 1. The van der Waals surface area contributed by atoms with E-state index in [2.05, 4.69) is 29.3 Å². The smallest absolute Gasteiger partial charge is 0.224 e. The van der Waals surface area contributed by atoms with E-state index in [1.54, 1.807) is 14.2 Å². The number of amides is 1. The van der Waals surface area contributed by atoms with E-state index >= 15 is 0 Å². The molecule has 0 aliphatic carbocycles. The Morgan fingerprint density at radius 2 is 1.79 bits per heavy atom. The second kappa shape index (κ2) is 10.3. The first-order valence-electron chi connectivity index (χ1n) is 10.4. The van der Waals surface area contributed by atoms with Gasteiger partial charge in [0, 0.05) is 25.2 Å². The highest BCUT2D eigenvalue weighted by atomic mass is 16.5. The van der Waals surface area contributed by atoms with Crippen LogP contribution in [0.25, 0.3) is 0 Å². The molecule has 0 aromatic heterocycles. The van der Waals surface area contributed by atoms with Crippen LogP contribution in [0.4, 0.5) is 5.69 Å². The number of nitrogens with zero attached hydrogens (tertiary/aromatic N) is 1. The van der Waals surface area contributed by atoms with Crippen molar-refractivity contribution >= 4 is 11.6 Å². The molecule has 1 fully saturated rings. The first-order valence-corrected chi connectivity index (χ1v) is 10.4. The lowest BCUT2D eigenvalue weighted by atomic mass is 10.00. The number of carbonyl (C=O) groups is 1. The Labute approximate surface area is 174 Å². The highest BCUT2D eigenvalue weighted by Gasteiger charge is 2.16. The minimum absolute atomic E-state index is 0.0115. The Kier molecular flexibility index (Phi) is 7.53. The number of methoxy groups -OCH3 is 2. The second-order valence-corrected chi connectivity index (χ2v) is 7.92. The summed E-state index contributed by atoms with van der Waals surface area (Å²) in [6, 6.07) is 14.0. The molecule has 5 heteroatoms. The average molecular weight is 397 g/mol. The number of benzene rings is 2. The third-order valence-electron chi connectivity index (χ3n) is 5.47. The SMILES string of the molecule is COc1ccc(CCC(=O)Nc2ccc(CN3CCCC(C)C3)cc2)cc1OC. The first kappa shape index (κ1) is 21.2. The van der Waals surface area contributed by atoms with Crippen LogP contribution in [0.15, 0.2) is 42.5 Å². The summed E-state index contributed by atoms with van der Waals surface area (Å²) in [6.07, 6.45) is 3.69. The Morgan fingerprint density at radius 1 is 1.07 bits per heavy atom. The van der Waals surface area contributed by atoms with Crippen molar-refractivity contribution in [3.05, 3.63) is 53.6 Å². The molecule has 1 unspecified atom stereocenters. The molecule has 5 nitrogen and oxygen atoms in total. The number of carbonyl (C=O) groups excluding carboxylic acids is 1. The minimum atomic E-state index is 0.0115. The fourth-order valence-corrected chi connectivity index (χ4v) is 3.90. The van der Waals surface area contributed by atoms with Gasteiger partial charge in [-0.2, -0.15) is 0 Å². The van der Waals surface area contributed by atoms with Crippen molar-refractivity contribution < 1.29 is 14.3 Å². The van der Waals surface area contributed by atoms with E-state index in [4.69, 9.17) is 9.47 Å². The molecule has 3 rings (SSSR count). The molecule has 0 spiro atoms. The van der Waals surface area contributed by atoms with Gasteiger partial charge in [-0.25, -0.2) is 0 Å². The van der Waals surface area contributed by atoms with Crippen LogP contribution < -0.4 is 14.8 Å². The maximum Gasteiger partial charge on any atom is 0.224 e. The van der Waals surface area contributed by atoms with Gasteiger partial charge in [0.2, 0.25) is 5.91 Å². The van der Waals surface area contributed by atoms with Gasteiger partial charge in [0.25, 0.3) is 0 Å². The van der Waals surface area contributed by atoms with Gasteiger partial charge in [0.05, 0.1) is 14.2 Å². The lowest BCUT2D eigenvalue weighted by Gasteiger charge is -2.30. The van der Waals surface area contributed by atoms with Gasteiger partial charge in [-0.05, 0) is 67.1 Å². The van der Waals surface area contributed by atoms with E-state index in [-0.39, 0.29) is 5.91 Å². The topological polar surface area (TPSA) is 50.8 Å². The Bertz CT molecular complexity index is 804. The molecule has 1 atom stereocenters. The highest BCUT2D eigenvalue weighted by Crippen LogP contribution is 2.28. The zero-order chi connectivity index (χ0) is 20.6. The van der Waals surface area contributed by atoms with Crippen LogP contribution in [-0.2, 0) is 17.8 Å². The minimum Gasteiger partial charge on any atom is -0.493 e. The Morgan fingerprint density at radius 3 is 2.48 bits per heavy atom. The maximum absolute atomic E-state index is 12.3. The summed E-state index contributed by atoms with van der Waals surface area (Å²) in [5.74, 6) is 2.18. The molecular formula is C24H32N2O3. The third-order valence-corrected chi connectivity index (χ3v) is 5.47. The van der Waals surface area contributed by atoms with Crippen molar-refractivity contribution in [1.29, 1.82) is 0 Å². The van der Waals surface area contributed by atoms with Crippen molar-refractivity contribution in [2.45, 2.75) is 39.2 Å². The molecule has 1 saturated heterocycles. The summed E-state index contributed by atoms with van der Waals surface area (Å²) in [6.45, 7) is 5.66. The molecule has 0 radical (unpaired) electrons. The average Bonchev–Trinajstić information content (AvgIpc) is 2.73. The number of ether oxygens (including phenoxy) is 2. The molecule has 2 aromatic carbocycles. The van der Waals surface area contributed by atoms with E-state index in [0.29, 0.717) is 24.3 Å². The van der Waals surface area contributed by atoms with Crippen LogP contribution in [0.3, 0.4) is 0 Å². The molecule has 2 aromatic rings. The molecule has 1 heterocycles. The van der Waals surface area contributed by atoms with Crippen molar-refractivity contribution in [2.75, 3.05) is 32.6 Å². The predicted octanol–water partition coefficient (Wildman–Crippen LogP) is 4.51. The normalized spacial score (nSPS) is 17.0. The van der Waals surface area contributed by atoms with Gasteiger partial charge >= 0.3 is 0 Å². The third kappa shape index (κ3) is 6.23. The van der Waals surface area contributed by atoms with E-state index in [0.717, 1.165) is 23.7 Å². The Hall–Kier alpha value is -2.53. The van der Waals surface area contributed by atoms with E-state index in [9.17, 15) is 4.79 Å². The molecule has 29 heavy (non-hydrogen) atoms. The molecule has 1 aliphatic rings. The van der Waals surface area contributed by atoms with Gasteiger partial charge in [-0.15, -0.1) is 0 Å². The molecule has 1 aliphatic heterocycles. The van der Waals surface area contributed by atoms with Crippen LogP contribution in [-0.4, -0.2) is 38.1 Å². The van der Waals surface area contributed by atoms with Crippen molar-refractivity contribution in [1.82, 2.24) is 4.90 Å². The number of nitrogens with one attached hydrogen (secondary N) is 1. The van der Waals surface area contributed by atoms with Gasteiger partial charge in [0.15, 0.2) is 11.5 Å². The standard InChI is InChI=1S/C24H32N2O3/c1-18-5-4-14-26(16-18)17-20-6-10-21(11-7-20)25-24(27)13-9-19-8-12-22(28-2)23(15-19)29-3/h6-8,10-12,15,18H,4-5,9,13-14,16-17H2,1-3H3,(H,25,27). The summed E-state index contributed by atoms with van der Waals surface area (Å²) in [7, 11) is 3.23. The maximum atomic E-state index is 12.3. The fraction of sp³-hybridized carbons (Fsp3) is 0.458. The van der Waals surface area contributed by atoms with Gasteiger partial charge in [0.1, 0.15) is 0 Å². The Balaban J connectivity index is 1.48. The molecule has 0 saturated carbocycles. The fourth-order valence-electron chi connectivity index (χ4n) is 3.90. The van der Waals surface area contributed by atoms with Crippen molar-refractivity contribution in [3.8, 4) is 11.5 Å². The number of aryl methyl sites for hydroxylation is 1. The van der Waals surface area contributed by atoms with E-state index in [1.807, 2.05) is 30.3 Å². The van der Waals surface area contributed by atoms with Gasteiger partial charge < -0.3 is 14.8 Å². The van der Waals surface area contributed by atoms with Crippen LogP contribution in [0.1, 0.15) is 37.3 Å². The molecule has 156 valence electrons. The number of rotatable bonds is 8. The van der Waals surface area contributed by atoms with Crippen LogP contribution in [0.2, 0.25) is 0 Å². The molecule has 0 bridgehead atoms. The first-order chi connectivity index (χ1) is 14.1. The van der Waals surface area contributed by atoms with Crippen molar-refractivity contribution in [3.63, 3.8) is 0 Å². The molecular weight excluding hydrogens is 364 g/mol. The van der Waals surface area contributed by atoms with E-state index in [1.165, 1.54) is 31.5 Å². The number of hydrogen-bond acceptors (Lipinski definition) is 4. The lowest BCUT2D eigenvalue weighted by molar-refractivity contribution is -0.116. The zero-order valence-electron chi connectivity index (χ0n) is 17.7. The van der Waals surface area contributed by atoms with Crippen LogP contribution in [0, 0.1) is 5.92 Å². The molecule has 1 amide bonds. The predicted molar refractivity (Wildman–Crippen MR) is 117 cm³/mol. The lowest BCUT2D eigenvalue weighted by Crippen LogP contribution is -2.33. The van der Waals surface area contributed by atoms with Crippen molar-refractivity contribution in [2.24, 2.45) is 5.92 Å².